The third-order valence-corrected chi connectivity index (χ3v) is 5.68. The van der Waals surface area contributed by atoms with Crippen molar-refractivity contribution < 1.29 is 33.4 Å². The molecule has 0 fully saturated rings. The van der Waals surface area contributed by atoms with Gasteiger partial charge in [0.2, 0.25) is 0 Å². The lowest BCUT2D eigenvalue weighted by molar-refractivity contribution is -0.150. The molecule has 7 nitrogen and oxygen atoms in total. The third kappa shape index (κ3) is 5.14. The Kier molecular flexibility index (Phi) is 8.14. The van der Waals surface area contributed by atoms with Gasteiger partial charge in [0.15, 0.2) is 5.78 Å². The SMILES string of the molecule is CCOC(=O)C1/C(C(=O)OC)=C(/C(=O)OC)C(=O)/C=C(/c2ccccc2)CC1c1ccccc1. The number of ketones is 1. The molecule has 0 spiro atoms. The lowest BCUT2D eigenvalue weighted by Crippen LogP contribution is -2.35. The van der Waals surface area contributed by atoms with Crippen molar-refractivity contribution in [1.29, 1.82) is 0 Å². The van der Waals surface area contributed by atoms with Crippen LogP contribution in [0.15, 0.2) is 77.9 Å². The maximum absolute atomic E-state index is 13.4. The number of rotatable bonds is 6. The quantitative estimate of drug-likeness (QED) is 0.367. The molecule has 0 amide bonds. The number of carbonyl (C=O) groups excluding carboxylic acids is 4. The topological polar surface area (TPSA) is 96.0 Å². The van der Waals surface area contributed by atoms with Gasteiger partial charge in [0.1, 0.15) is 5.57 Å². The van der Waals surface area contributed by atoms with E-state index in [1.807, 2.05) is 60.7 Å². The van der Waals surface area contributed by atoms with Crippen LogP contribution in [0.3, 0.4) is 0 Å². The summed E-state index contributed by atoms with van der Waals surface area (Å²) in [6.45, 7) is 1.69. The number of hydrogen-bond acceptors (Lipinski definition) is 7. The van der Waals surface area contributed by atoms with Gasteiger partial charge in [-0.25, -0.2) is 9.59 Å². The van der Waals surface area contributed by atoms with Crippen LogP contribution in [0.5, 0.6) is 0 Å². The van der Waals surface area contributed by atoms with Crippen molar-refractivity contribution in [3.63, 3.8) is 0 Å². The van der Waals surface area contributed by atoms with E-state index in [1.165, 1.54) is 6.08 Å². The molecule has 176 valence electrons. The van der Waals surface area contributed by atoms with Gasteiger partial charge in [0, 0.05) is 5.92 Å². The van der Waals surface area contributed by atoms with Gasteiger partial charge in [-0.1, -0.05) is 60.7 Å². The minimum Gasteiger partial charge on any atom is -0.466 e. The Balaban J connectivity index is 2.39. The van der Waals surface area contributed by atoms with Crippen LogP contribution >= 0.6 is 0 Å². The van der Waals surface area contributed by atoms with Gasteiger partial charge in [0.05, 0.1) is 32.3 Å². The molecule has 2 aromatic carbocycles. The first-order chi connectivity index (χ1) is 16.4. The fourth-order valence-electron chi connectivity index (χ4n) is 4.16. The van der Waals surface area contributed by atoms with E-state index >= 15 is 0 Å². The summed E-state index contributed by atoms with van der Waals surface area (Å²) < 4.78 is 15.1. The van der Waals surface area contributed by atoms with Crippen LogP contribution < -0.4 is 0 Å². The number of benzene rings is 2. The molecule has 2 unspecified atom stereocenters. The predicted molar refractivity (Wildman–Crippen MR) is 124 cm³/mol. The van der Waals surface area contributed by atoms with Crippen LogP contribution in [0.2, 0.25) is 0 Å². The third-order valence-electron chi connectivity index (χ3n) is 5.68. The van der Waals surface area contributed by atoms with Crippen LogP contribution in [0.25, 0.3) is 5.57 Å². The molecular formula is C27H26O7. The fraction of sp³-hybridized carbons (Fsp3) is 0.259. The average molecular weight is 462 g/mol. The van der Waals surface area contributed by atoms with Crippen LogP contribution in [0, 0.1) is 5.92 Å². The first-order valence-corrected chi connectivity index (χ1v) is 10.9. The zero-order valence-electron chi connectivity index (χ0n) is 19.3. The smallest absolute Gasteiger partial charge is 0.342 e. The minimum absolute atomic E-state index is 0.0498. The van der Waals surface area contributed by atoms with E-state index < -0.39 is 41.1 Å². The molecule has 0 aliphatic heterocycles. The van der Waals surface area contributed by atoms with E-state index in [2.05, 4.69) is 0 Å². The molecule has 2 aromatic rings. The van der Waals surface area contributed by atoms with Gasteiger partial charge in [-0.2, -0.15) is 0 Å². The fourth-order valence-corrected chi connectivity index (χ4v) is 4.16. The summed E-state index contributed by atoms with van der Waals surface area (Å²) >= 11 is 0. The number of esters is 3. The summed E-state index contributed by atoms with van der Waals surface area (Å²) in [6.07, 6.45) is 1.56. The maximum Gasteiger partial charge on any atom is 0.342 e. The molecule has 0 heterocycles. The molecule has 0 bridgehead atoms. The Morgan fingerprint density at radius 3 is 2.03 bits per heavy atom. The van der Waals surface area contributed by atoms with Crippen molar-refractivity contribution >= 4 is 29.3 Å². The van der Waals surface area contributed by atoms with Gasteiger partial charge in [-0.15, -0.1) is 0 Å². The highest BCUT2D eigenvalue weighted by Crippen LogP contribution is 2.42. The average Bonchev–Trinajstić information content (AvgIpc) is 2.86. The van der Waals surface area contributed by atoms with Gasteiger partial charge in [-0.3, -0.25) is 9.59 Å². The van der Waals surface area contributed by atoms with Crippen molar-refractivity contribution in [2.75, 3.05) is 20.8 Å². The van der Waals surface area contributed by atoms with Crippen molar-refractivity contribution in [1.82, 2.24) is 0 Å². The van der Waals surface area contributed by atoms with Crippen molar-refractivity contribution in [3.8, 4) is 0 Å². The van der Waals surface area contributed by atoms with E-state index in [0.29, 0.717) is 5.57 Å². The second-order valence-electron chi connectivity index (χ2n) is 7.62. The molecule has 0 aromatic heterocycles. The Labute approximate surface area is 198 Å². The van der Waals surface area contributed by atoms with Crippen LogP contribution in [-0.2, 0) is 33.4 Å². The maximum atomic E-state index is 13.4. The molecule has 34 heavy (non-hydrogen) atoms. The minimum atomic E-state index is -1.28. The molecule has 1 aliphatic carbocycles. The number of ether oxygens (including phenoxy) is 3. The van der Waals surface area contributed by atoms with Gasteiger partial charge in [-0.05, 0) is 36.1 Å². The molecule has 0 radical (unpaired) electrons. The monoisotopic (exact) mass is 462 g/mol. The lowest BCUT2D eigenvalue weighted by Gasteiger charge is -2.30. The zero-order valence-corrected chi connectivity index (χ0v) is 19.3. The molecule has 0 saturated carbocycles. The highest BCUT2D eigenvalue weighted by atomic mass is 16.5. The molecule has 2 atom stereocenters. The first-order valence-electron chi connectivity index (χ1n) is 10.9. The molecule has 1 aliphatic rings. The van der Waals surface area contributed by atoms with E-state index in [9.17, 15) is 19.2 Å². The van der Waals surface area contributed by atoms with E-state index in [-0.39, 0.29) is 18.6 Å². The molecule has 3 rings (SSSR count). The molecule has 0 N–H and O–H groups in total. The second-order valence-corrected chi connectivity index (χ2v) is 7.62. The molecule has 0 saturated heterocycles. The van der Waals surface area contributed by atoms with Crippen LogP contribution in [0.4, 0.5) is 0 Å². The number of hydrogen-bond donors (Lipinski definition) is 0. The summed E-state index contributed by atoms with van der Waals surface area (Å²) in [5.74, 6) is -5.39. The number of allylic oxidation sites excluding steroid dienone is 2. The van der Waals surface area contributed by atoms with Gasteiger partial charge >= 0.3 is 17.9 Å². The van der Waals surface area contributed by atoms with Gasteiger partial charge < -0.3 is 14.2 Å². The van der Waals surface area contributed by atoms with Crippen molar-refractivity contribution in [2.45, 2.75) is 19.3 Å². The zero-order chi connectivity index (χ0) is 24.7. The first kappa shape index (κ1) is 24.6. The van der Waals surface area contributed by atoms with Crippen LogP contribution in [-0.4, -0.2) is 44.5 Å². The van der Waals surface area contributed by atoms with Crippen molar-refractivity contribution in [2.24, 2.45) is 5.92 Å². The van der Waals surface area contributed by atoms with Crippen LogP contribution in [0.1, 0.15) is 30.4 Å². The normalized spacial score (nSPS) is 22.0. The Bertz CT molecular complexity index is 1130. The lowest BCUT2D eigenvalue weighted by atomic mass is 9.73. The predicted octanol–water partition coefficient (Wildman–Crippen LogP) is 3.65. The summed E-state index contributed by atoms with van der Waals surface area (Å²) in [4.78, 5) is 52.5. The van der Waals surface area contributed by atoms with Crippen molar-refractivity contribution in [3.05, 3.63) is 89.0 Å². The highest BCUT2D eigenvalue weighted by Gasteiger charge is 2.44. The van der Waals surface area contributed by atoms with E-state index in [4.69, 9.17) is 14.2 Å². The largest absolute Gasteiger partial charge is 0.466 e. The summed E-state index contributed by atoms with van der Waals surface area (Å²) in [5.41, 5.74) is 1.20. The van der Waals surface area contributed by atoms with Gasteiger partial charge in [0.25, 0.3) is 0 Å². The number of methoxy groups -OCH3 is 2. The summed E-state index contributed by atoms with van der Waals surface area (Å²) in [6, 6.07) is 18.3. The Morgan fingerprint density at radius 1 is 0.882 bits per heavy atom. The molecular weight excluding hydrogens is 436 g/mol. The summed E-state index contributed by atoms with van der Waals surface area (Å²) in [7, 11) is 2.23. The Morgan fingerprint density at radius 2 is 1.47 bits per heavy atom. The number of carbonyl (C=O) groups is 4. The van der Waals surface area contributed by atoms with E-state index in [1.54, 1.807) is 6.92 Å². The summed E-state index contributed by atoms with van der Waals surface area (Å²) in [5, 5.41) is 0. The highest BCUT2D eigenvalue weighted by molar-refractivity contribution is 6.27. The standard InChI is InChI=1S/C27H26O7/c1-4-34-27(31)22-20(18-13-9-6-10-14-18)15-19(17-11-7-5-8-12-17)16-21(28)23(25(29)32-2)24(22)26(30)33-3/h5-14,16,20,22H,4,15H2,1-3H3/b19-16+,24-23-. The van der Waals surface area contributed by atoms with E-state index in [0.717, 1.165) is 25.3 Å². The second kappa shape index (κ2) is 11.2. The Hall–Kier alpha value is -4.00. The molecule has 7 heteroatoms.